The number of halogens is 1. The highest BCUT2D eigenvalue weighted by Crippen LogP contribution is 2.37. The molecule has 0 amide bonds. The number of aromatic nitrogens is 2. The molecule has 1 aliphatic rings. The third kappa shape index (κ3) is 2.95. The van der Waals surface area contributed by atoms with E-state index >= 15 is 0 Å². The predicted octanol–water partition coefficient (Wildman–Crippen LogP) is 5.81. The summed E-state index contributed by atoms with van der Waals surface area (Å²) in [6.07, 6.45) is 0. The molecule has 0 atom stereocenters. The predicted molar refractivity (Wildman–Crippen MR) is 123 cm³/mol. The van der Waals surface area contributed by atoms with Crippen LogP contribution in [0.25, 0.3) is 20.4 Å². The Morgan fingerprint density at radius 1 is 0.714 bits per heavy atom. The van der Waals surface area contributed by atoms with Crippen molar-refractivity contribution in [2.24, 2.45) is 0 Å². The van der Waals surface area contributed by atoms with Gasteiger partial charge in [-0.2, -0.15) is 0 Å². The summed E-state index contributed by atoms with van der Waals surface area (Å²) in [7, 11) is 0. The van der Waals surface area contributed by atoms with Crippen LogP contribution in [0.4, 0.5) is 10.3 Å². The van der Waals surface area contributed by atoms with Gasteiger partial charge in [-0.05, 0) is 43.5 Å². The van der Waals surface area contributed by atoms with Gasteiger partial charge in [0.25, 0.3) is 0 Å². The zero-order chi connectivity index (χ0) is 19.4. The Kier molecular flexibility index (Phi) is 4.45. The van der Waals surface area contributed by atoms with E-state index in [1.807, 2.05) is 23.5 Å². The highest BCUT2D eigenvalue weighted by atomic mass is 35.5. The zero-order valence-corrected chi connectivity index (χ0v) is 18.5. The molecule has 0 aliphatic carbocycles. The van der Waals surface area contributed by atoms with E-state index in [2.05, 4.69) is 42.7 Å². The summed E-state index contributed by atoms with van der Waals surface area (Å²) < 4.78 is 2.41. The summed E-state index contributed by atoms with van der Waals surface area (Å²) in [4.78, 5) is 14.6. The number of hydrogen-bond acceptors (Lipinski definition) is 6. The lowest BCUT2D eigenvalue weighted by atomic mass is 10.1. The van der Waals surface area contributed by atoms with E-state index < -0.39 is 0 Å². The van der Waals surface area contributed by atoms with Crippen LogP contribution in [0.15, 0.2) is 24.3 Å². The van der Waals surface area contributed by atoms with Crippen LogP contribution < -0.4 is 9.80 Å². The molecule has 0 saturated carbocycles. The van der Waals surface area contributed by atoms with E-state index in [0.717, 1.165) is 57.2 Å². The number of aryl methyl sites for hydroxylation is 3. The lowest BCUT2D eigenvalue weighted by molar-refractivity contribution is 0.651. The Morgan fingerprint density at radius 3 is 1.71 bits per heavy atom. The minimum atomic E-state index is 0.795. The maximum Gasteiger partial charge on any atom is 0.186 e. The van der Waals surface area contributed by atoms with Crippen LogP contribution in [0.1, 0.15) is 16.7 Å². The monoisotopic (exact) mass is 428 g/mol. The van der Waals surface area contributed by atoms with Crippen LogP contribution in [0.3, 0.4) is 0 Å². The van der Waals surface area contributed by atoms with Gasteiger partial charge in [-0.15, -0.1) is 0 Å². The van der Waals surface area contributed by atoms with E-state index in [-0.39, 0.29) is 0 Å². The Bertz CT molecular complexity index is 1020. The normalized spacial score (nSPS) is 15.1. The van der Waals surface area contributed by atoms with Gasteiger partial charge in [0.1, 0.15) is 0 Å². The molecule has 0 N–H and O–H groups in total. The van der Waals surface area contributed by atoms with E-state index in [4.69, 9.17) is 21.6 Å². The second kappa shape index (κ2) is 6.87. The molecule has 0 bridgehead atoms. The SMILES string of the molecule is Cc1ccc(C)c2sc(N3CCN(c4nc5c(C)ccc(Cl)c5s4)CC3)nc12. The molecular weight excluding hydrogens is 408 g/mol. The van der Waals surface area contributed by atoms with Gasteiger partial charge < -0.3 is 9.80 Å². The molecule has 4 aromatic rings. The lowest BCUT2D eigenvalue weighted by Crippen LogP contribution is -2.46. The van der Waals surface area contributed by atoms with Crippen LogP contribution in [0.2, 0.25) is 5.02 Å². The molecule has 4 nitrogen and oxygen atoms in total. The summed E-state index contributed by atoms with van der Waals surface area (Å²) in [6, 6.07) is 8.37. The Morgan fingerprint density at radius 2 is 1.18 bits per heavy atom. The molecule has 1 fully saturated rings. The quantitative estimate of drug-likeness (QED) is 0.403. The first-order valence-corrected chi connectivity index (χ1v) is 11.4. The van der Waals surface area contributed by atoms with E-state index in [1.165, 1.54) is 21.4 Å². The first kappa shape index (κ1) is 18.2. The van der Waals surface area contributed by atoms with Gasteiger partial charge >= 0.3 is 0 Å². The topological polar surface area (TPSA) is 32.3 Å². The van der Waals surface area contributed by atoms with Gasteiger partial charge in [-0.25, -0.2) is 9.97 Å². The van der Waals surface area contributed by atoms with Crippen molar-refractivity contribution >= 4 is 65.0 Å². The van der Waals surface area contributed by atoms with E-state index in [0.29, 0.717) is 0 Å². The van der Waals surface area contributed by atoms with Crippen molar-refractivity contribution < 1.29 is 0 Å². The molecule has 0 radical (unpaired) electrons. The first-order chi connectivity index (χ1) is 13.5. The maximum absolute atomic E-state index is 6.39. The molecule has 28 heavy (non-hydrogen) atoms. The minimum Gasteiger partial charge on any atom is -0.345 e. The Balaban J connectivity index is 1.38. The van der Waals surface area contributed by atoms with Crippen molar-refractivity contribution in [3.8, 4) is 0 Å². The average Bonchev–Trinajstić information content (AvgIpc) is 3.34. The Hall–Kier alpha value is -1.89. The van der Waals surface area contributed by atoms with Crippen LogP contribution in [0.5, 0.6) is 0 Å². The van der Waals surface area contributed by atoms with Crippen molar-refractivity contribution in [3.63, 3.8) is 0 Å². The van der Waals surface area contributed by atoms with Crippen molar-refractivity contribution in [3.05, 3.63) is 46.0 Å². The number of fused-ring (bicyclic) bond motifs is 2. The van der Waals surface area contributed by atoms with E-state index in [9.17, 15) is 0 Å². The highest BCUT2D eigenvalue weighted by molar-refractivity contribution is 7.23. The standard InChI is InChI=1S/C21H21ClN4S2/c1-12-4-5-14(3)18-16(12)23-20(27-18)25-8-10-26(11-9-25)21-24-17-13(2)6-7-15(22)19(17)28-21/h4-7H,8-11H2,1-3H3. The van der Waals surface area contributed by atoms with Crippen LogP contribution in [-0.4, -0.2) is 36.1 Å². The summed E-state index contributed by atoms with van der Waals surface area (Å²) >= 11 is 9.90. The molecular formula is C21H21ClN4S2. The fraction of sp³-hybridized carbons (Fsp3) is 0.333. The van der Waals surface area contributed by atoms with Gasteiger partial charge in [0, 0.05) is 26.2 Å². The van der Waals surface area contributed by atoms with Crippen molar-refractivity contribution in [1.29, 1.82) is 0 Å². The van der Waals surface area contributed by atoms with Crippen LogP contribution >= 0.6 is 34.3 Å². The van der Waals surface area contributed by atoms with Crippen LogP contribution in [-0.2, 0) is 0 Å². The van der Waals surface area contributed by atoms with Gasteiger partial charge in [0.15, 0.2) is 10.3 Å². The fourth-order valence-corrected chi connectivity index (χ4v) is 6.23. The third-order valence-electron chi connectivity index (χ3n) is 5.44. The number of anilines is 2. The minimum absolute atomic E-state index is 0.795. The van der Waals surface area contributed by atoms with Gasteiger partial charge in [0.05, 0.1) is 25.5 Å². The summed E-state index contributed by atoms with van der Waals surface area (Å²) in [5.41, 5.74) is 5.93. The molecule has 7 heteroatoms. The van der Waals surface area contributed by atoms with Crippen LogP contribution in [0, 0.1) is 20.8 Å². The van der Waals surface area contributed by atoms with Gasteiger partial charge in [0.2, 0.25) is 0 Å². The molecule has 5 rings (SSSR count). The molecule has 0 spiro atoms. The molecule has 1 saturated heterocycles. The first-order valence-electron chi connectivity index (χ1n) is 9.43. The molecule has 1 aliphatic heterocycles. The fourth-order valence-electron chi connectivity index (χ4n) is 3.70. The van der Waals surface area contributed by atoms with E-state index in [1.54, 1.807) is 11.3 Å². The molecule has 2 aromatic heterocycles. The number of thiazole rings is 2. The molecule has 2 aromatic carbocycles. The third-order valence-corrected chi connectivity index (χ3v) is 8.27. The molecule has 144 valence electrons. The molecule has 0 unspecified atom stereocenters. The zero-order valence-electron chi connectivity index (χ0n) is 16.1. The van der Waals surface area contributed by atoms with Crippen molar-refractivity contribution in [2.45, 2.75) is 20.8 Å². The average molecular weight is 429 g/mol. The highest BCUT2D eigenvalue weighted by Gasteiger charge is 2.23. The van der Waals surface area contributed by atoms with Gasteiger partial charge in [-0.1, -0.05) is 52.5 Å². The smallest absolute Gasteiger partial charge is 0.186 e. The number of hydrogen-bond donors (Lipinski definition) is 0. The maximum atomic E-state index is 6.39. The number of nitrogens with zero attached hydrogens (tertiary/aromatic N) is 4. The summed E-state index contributed by atoms with van der Waals surface area (Å²) in [5, 5.41) is 3.00. The number of benzene rings is 2. The second-order valence-corrected chi connectivity index (χ2v) is 9.75. The second-order valence-electron chi connectivity index (χ2n) is 7.39. The lowest BCUT2D eigenvalue weighted by Gasteiger charge is -2.34. The largest absolute Gasteiger partial charge is 0.345 e. The number of piperazine rings is 1. The van der Waals surface area contributed by atoms with Crippen molar-refractivity contribution in [2.75, 3.05) is 36.0 Å². The number of rotatable bonds is 2. The Labute approximate surface area is 177 Å². The summed E-state index contributed by atoms with van der Waals surface area (Å²) in [6.45, 7) is 10.2. The van der Waals surface area contributed by atoms with Crippen molar-refractivity contribution in [1.82, 2.24) is 9.97 Å². The molecule has 3 heterocycles. The summed E-state index contributed by atoms with van der Waals surface area (Å²) in [5.74, 6) is 0. The van der Waals surface area contributed by atoms with Gasteiger partial charge in [-0.3, -0.25) is 0 Å².